The van der Waals surface area contributed by atoms with E-state index < -0.39 is 10.8 Å². The van der Waals surface area contributed by atoms with Gasteiger partial charge < -0.3 is 4.74 Å². The van der Waals surface area contributed by atoms with Crippen LogP contribution < -0.4 is 4.74 Å². The van der Waals surface area contributed by atoms with Gasteiger partial charge in [-0.2, -0.15) is 0 Å². The van der Waals surface area contributed by atoms with E-state index in [0.29, 0.717) is 0 Å². The highest BCUT2D eigenvalue weighted by atomic mass is 16.5. The van der Waals surface area contributed by atoms with Crippen molar-refractivity contribution in [2.24, 2.45) is 0 Å². The molecule has 0 radical (unpaired) electrons. The van der Waals surface area contributed by atoms with Crippen molar-refractivity contribution in [1.82, 2.24) is 0 Å². The molecule has 0 amide bonds. The van der Waals surface area contributed by atoms with Gasteiger partial charge in [0.05, 0.1) is 10.8 Å². The predicted octanol–water partition coefficient (Wildman–Crippen LogP) is 13.9. The minimum atomic E-state index is -0.487. The largest absolute Gasteiger partial charge is 0.457 e. The molecule has 0 fully saturated rings. The summed E-state index contributed by atoms with van der Waals surface area (Å²) in [7, 11) is 0. The molecule has 266 valence electrons. The van der Waals surface area contributed by atoms with Gasteiger partial charge in [0.25, 0.3) is 0 Å². The van der Waals surface area contributed by atoms with Crippen LogP contribution in [0.1, 0.15) is 44.5 Å². The van der Waals surface area contributed by atoms with Gasteiger partial charge in [0.1, 0.15) is 11.5 Å². The van der Waals surface area contributed by atoms with Gasteiger partial charge in [0.15, 0.2) is 0 Å². The lowest BCUT2D eigenvalue weighted by atomic mass is 9.66. The van der Waals surface area contributed by atoms with Gasteiger partial charge in [-0.25, -0.2) is 0 Å². The van der Waals surface area contributed by atoms with Gasteiger partial charge in [-0.3, -0.25) is 0 Å². The second-order valence-electron chi connectivity index (χ2n) is 15.5. The second kappa shape index (κ2) is 12.1. The zero-order valence-corrected chi connectivity index (χ0v) is 31.2. The average Bonchev–Trinajstić information content (AvgIpc) is 3.75. The van der Waals surface area contributed by atoms with Crippen LogP contribution >= 0.6 is 0 Å². The highest BCUT2D eigenvalue weighted by Gasteiger charge is 2.51. The summed E-state index contributed by atoms with van der Waals surface area (Å²) in [6, 6.07) is 80.3. The Morgan fingerprint density at radius 3 is 1.19 bits per heavy atom. The molecule has 0 bridgehead atoms. The first-order valence-electron chi connectivity index (χ1n) is 19.8. The van der Waals surface area contributed by atoms with E-state index in [4.69, 9.17) is 4.74 Å². The van der Waals surface area contributed by atoms with Gasteiger partial charge in [0.2, 0.25) is 0 Å². The first-order valence-corrected chi connectivity index (χ1v) is 19.8. The monoisotopic (exact) mass is 724 g/mol. The van der Waals surface area contributed by atoms with E-state index >= 15 is 0 Å². The zero-order chi connectivity index (χ0) is 37.6. The molecule has 1 heteroatoms. The maximum atomic E-state index is 6.70. The van der Waals surface area contributed by atoms with E-state index in [9.17, 15) is 0 Å². The summed E-state index contributed by atoms with van der Waals surface area (Å²) in [4.78, 5) is 0. The fraction of sp³-hybridized carbons (Fsp3) is 0.0357. The molecular formula is C56H36O. The third kappa shape index (κ3) is 4.34. The Morgan fingerprint density at radius 1 is 0.246 bits per heavy atom. The van der Waals surface area contributed by atoms with Gasteiger partial charge in [-0.05, 0) is 102 Å². The number of fused-ring (bicyclic) bond motifs is 12. The van der Waals surface area contributed by atoms with Gasteiger partial charge in [-0.1, -0.05) is 194 Å². The van der Waals surface area contributed by atoms with Crippen molar-refractivity contribution in [3.8, 4) is 56.0 Å². The van der Waals surface area contributed by atoms with Crippen LogP contribution in [0.5, 0.6) is 11.5 Å². The van der Waals surface area contributed by atoms with Crippen molar-refractivity contribution in [3.05, 3.63) is 263 Å². The minimum absolute atomic E-state index is 0.429. The van der Waals surface area contributed by atoms with Crippen LogP contribution in [0.3, 0.4) is 0 Å². The van der Waals surface area contributed by atoms with E-state index in [1.807, 2.05) is 0 Å². The molecular weight excluding hydrogens is 689 g/mol. The highest BCUT2D eigenvalue weighted by molar-refractivity contribution is 5.90. The average molecular weight is 725 g/mol. The number of ether oxygens (including phenoxy) is 1. The first-order chi connectivity index (χ1) is 28.3. The maximum Gasteiger partial charge on any atom is 0.132 e. The molecule has 2 aliphatic carbocycles. The third-order valence-electron chi connectivity index (χ3n) is 12.9. The molecule has 1 heterocycles. The van der Waals surface area contributed by atoms with Crippen molar-refractivity contribution in [2.45, 2.75) is 10.8 Å². The van der Waals surface area contributed by atoms with Crippen molar-refractivity contribution in [1.29, 1.82) is 0 Å². The second-order valence-corrected chi connectivity index (χ2v) is 15.5. The Kier molecular flexibility index (Phi) is 6.83. The summed E-state index contributed by atoms with van der Waals surface area (Å²) >= 11 is 0. The summed E-state index contributed by atoms with van der Waals surface area (Å²) in [6.45, 7) is 0. The summed E-state index contributed by atoms with van der Waals surface area (Å²) in [5.74, 6) is 1.81. The highest BCUT2D eigenvalue weighted by Crippen LogP contribution is 2.62. The molecule has 0 saturated carbocycles. The molecule has 0 unspecified atom stereocenters. The lowest BCUT2D eigenvalue weighted by Gasteiger charge is -2.39. The SMILES string of the molecule is c1ccc(C2(c3ccccc3)c3ccccc3-c3ccc(-c4ccc(-c5ccc6c(c5)C5(c7ccccc7O6)c6ccccc6-c6ccccc65)cc4)cc32)cc1. The third-order valence-corrected chi connectivity index (χ3v) is 12.9. The summed E-state index contributed by atoms with van der Waals surface area (Å²) in [5.41, 5.74) is 19.1. The smallest absolute Gasteiger partial charge is 0.132 e. The number of hydrogen-bond donors (Lipinski definition) is 0. The van der Waals surface area contributed by atoms with Crippen LogP contribution in [0, 0.1) is 0 Å². The Morgan fingerprint density at radius 2 is 0.632 bits per heavy atom. The molecule has 0 atom stereocenters. The van der Waals surface area contributed by atoms with Gasteiger partial charge in [0, 0.05) is 11.1 Å². The molecule has 1 nitrogen and oxygen atoms in total. The number of hydrogen-bond acceptors (Lipinski definition) is 1. The molecule has 9 aromatic carbocycles. The quantitative estimate of drug-likeness (QED) is 0.176. The van der Waals surface area contributed by atoms with Crippen molar-refractivity contribution < 1.29 is 4.74 Å². The molecule has 9 aromatic rings. The van der Waals surface area contributed by atoms with E-state index in [1.165, 1.54) is 89.0 Å². The standard InChI is InChI=1S/C56H36O/c1-3-15-41(16-4-1)55(42-17-5-2-6-18-42)47-22-10-7-21-45(47)46-33-31-39(35-51(46)55)37-27-29-38(30-28-37)40-32-34-54-52(36-40)56(50-25-13-14-26-53(50)57-54)48-23-11-8-19-43(48)44-20-9-12-24-49(44)56/h1-36H. The summed E-state index contributed by atoms with van der Waals surface area (Å²) in [5, 5.41) is 0. The molecule has 57 heavy (non-hydrogen) atoms. The zero-order valence-electron chi connectivity index (χ0n) is 31.2. The molecule has 0 N–H and O–H groups in total. The molecule has 3 aliphatic rings. The lowest BCUT2D eigenvalue weighted by molar-refractivity contribution is 0.436. The molecule has 1 spiro atoms. The fourth-order valence-corrected chi connectivity index (χ4v) is 10.5. The normalized spacial score (nSPS) is 14.4. The fourth-order valence-electron chi connectivity index (χ4n) is 10.5. The van der Waals surface area contributed by atoms with Crippen LogP contribution in [0.2, 0.25) is 0 Å². The minimum Gasteiger partial charge on any atom is -0.457 e. The van der Waals surface area contributed by atoms with E-state index in [1.54, 1.807) is 0 Å². The van der Waals surface area contributed by atoms with E-state index in [-0.39, 0.29) is 0 Å². The predicted molar refractivity (Wildman–Crippen MR) is 232 cm³/mol. The van der Waals surface area contributed by atoms with Gasteiger partial charge in [-0.15, -0.1) is 0 Å². The molecule has 12 rings (SSSR count). The van der Waals surface area contributed by atoms with Crippen molar-refractivity contribution >= 4 is 0 Å². The van der Waals surface area contributed by atoms with Crippen LogP contribution in [0.15, 0.2) is 218 Å². The van der Waals surface area contributed by atoms with Gasteiger partial charge >= 0.3 is 0 Å². The maximum absolute atomic E-state index is 6.70. The van der Waals surface area contributed by atoms with E-state index in [0.717, 1.165) is 11.5 Å². The van der Waals surface area contributed by atoms with Crippen LogP contribution in [0.4, 0.5) is 0 Å². The number of benzene rings is 9. The summed E-state index contributed by atoms with van der Waals surface area (Å²) < 4.78 is 6.70. The van der Waals surface area contributed by atoms with Crippen molar-refractivity contribution in [3.63, 3.8) is 0 Å². The van der Waals surface area contributed by atoms with Crippen LogP contribution in [-0.2, 0) is 10.8 Å². The summed E-state index contributed by atoms with van der Waals surface area (Å²) in [6.07, 6.45) is 0. The topological polar surface area (TPSA) is 9.23 Å². The Hall–Kier alpha value is -7.22. The number of rotatable bonds is 4. The Labute approximate surface area is 333 Å². The van der Waals surface area contributed by atoms with E-state index in [2.05, 4.69) is 218 Å². The van der Waals surface area contributed by atoms with Crippen LogP contribution in [0.25, 0.3) is 44.5 Å². The Bertz CT molecular complexity index is 2940. The van der Waals surface area contributed by atoms with Crippen LogP contribution in [-0.4, -0.2) is 0 Å². The molecule has 0 aromatic heterocycles. The lowest BCUT2D eigenvalue weighted by Crippen LogP contribution is -2.32. The van der Waals surface area contributed by atoms with Crippen molar-refractivity contribution in [2.75, 3.05) is 0 Å². The molecule has 0 saturated heterocycles. The number of para-hydroxylation sites is 1. The first kappa shape index (κ1) is 32.1. The Balaban J connectivity index is 0.993. The molecule has 1 aliphatic heterocycles.